The topological polar surface area (TPSA) is 59.1 Å². The van der Waals surface area contributed by atoms with Gasteiger partial charge in [-0.3, -0.25) is 0 Å². The fraction of sp³-hybridized carbons (Fsp3) is 0.800. The quantitative estimate of drug-likeness (QED) is 0.871. The maximum absolute atomic E-state index is 11.8. The second kappa shape index (κ2) is 7.20. The molecule has 0 saturated heterocycles. The summed E-state index contributed by atoms with van der Waals surface area (Å²) in [7, 11) is -2.92. The van der Waals surface area contributed by atoms with Crippen molar-refractivity contribution in [2.45, 2.75) is 57.2 Å². The summed E-state index contributed by atoms with van der Waals surface area (Å²) < 4.78 is 23.7. The van der Waals surface area contributed by atoms with Gasteiger partial charge in [0.05, 0.1) is 16.0 Å². The Labute approximate surface area is 132 Å². The van der Waals surface area contributed by atoms with E-state index in [4.69, 9.17) is 0 Å². The van der Waals surface area contributed by atoms with Gasteiger partial charge in [0.2, 0.25) is 0 Å². The maximum Gasteiger partial charge on any atom is 0.150 e. The van der Waals surface area contributed by atoms with Crippen molar-refractivity contribution >= 4 is 21.2 Å². The molecule has 1 N–H and O–H groups in total. The molecule has 21 heavy (non-hydrogen) atoms. The second-order valence-corrected chi connectivity index (χ2v) is 9.49. The summed E-state index contributed by atoms with van der Waals surface area (Å²) in [6, 6.07) is 0.334. The van der Waals surface area contributed by atoms with Gasteiger partial charge in [-0.25, -0.2) is 13.4 Å². The summed E-state index contributed by atoms with van der Waals surface area (Å²) in [6.45, 7) is 5.04. The van der Waals surface area contributed by atoms with Gasteiger partial charge in [0, 0.05) is 24.1 Å². The number of hydrogen-bond donors (Lipinski definition) is 1. The fourth-order valence-electron chi connectivity index (χ4n) is 3.33. The van der Waals surface area contributed by atoms with E-state index >= 15 is 0 Å². The average Bonchev–Trinajstić information content (AvgIpc) is 2.83. The number of likely N-dealkylation sites (N-methyl/N-ethyl adjacent to an activating group) is 1. The average molecular weight is 331 g/mol. The molecule has 0 aliphatic heterocycles. The summed E-state index contributed by atoms with van der Waals surface area (Å²) in [5.41, 5.74) is 1.13. The van der Waals surface area contributed by atoms with E-state index in [2.05, 4.69) is 22.6 Å². The predicted molar refractivity (Wildman–Crippen MR) is 88.6 cm³/mol. The molecule has 0 radical (unpaired) electrons. The van der Waals surface area contributed by atoms with Gasteiger partial charge in [0.1, 0.15) is 9.84 Å². The third-order valence-electron chi connectivity index (χ3n) is 4.40. The van der Waals surface area contributed by atoms with E-state index in [9.17, 15) is 8.42 Å². The standard InChI is InChI=1S/C15H26N2O2S2/c1-4-16-15(9-13-10-20-11(2)17-13)12-6-5-7-14(8-12)21(3,18)19/h10,12,14-16H,4-9H2,1-3H3. The fourth-order valence-corrected chi connectivity index (χ4v) is 5.15. The van der Waals surface area contributed by atoms with Crippen LogP contribution in [0.1, 0.15) is 43.3 Å². The van der Waals surface area contributed by atoms with Crippen LogP contribution in [0.2, 0.25) is 0 Å². The Kier molecular flexibility index (Phi) is 5.80. The van der Waals surface area contributed by atoms with E-state index in [1.807, 2.05) is 6.92 Å². The largest absolute Gasteiger partial charge is 0.314 e. The number of rotatable bonds is 6. The Morgan fingerprint density at radius 3 is 2.81 bits per heavy atom. The molecular formula is C15H26N2O2S2. The van der Waals surface area contributed by atoms with Crippen molar-refractivity contribution in [2.75, 3.05) is 12.8 Å². The monoisotopic (exact) mass is 330 g/mol. The van der Waals surface area contributed by atoms with Gasteiger partial charge < -0.3 is 5.32 Å². The molecule has 0 spiro atoms. The number of sulfone groups is 1. The number of nitrogens with zero attached hydrogens (tertiary/aromatic N) is 1. The third kappa shape index (κ3) is 4.76. The van der Waals surface area contributed by atoms with E-state index in [1.54, 1.807) is 11.3 Å². The molecule has 0 aromatic carbocycles. The first-order chi connectivity index (χ1) is 9.90. The van der Waals surface area contributed by atoms with Gasteiger partial charge in [-0.05, 0) is 38.6 Å². The van der Waals surface area contributed by atoms with E-state index < -0.39 is 9.84 Å². The van der Waals surface area contributed by atoms with Gasteiger partial charge in [0.25, 0.3) is 0 Å². The number of thiazole rings is 1. The lowest BCUT2D eigenvalue weighted by molar-refractivity contribution is 0.270. The minimum Gasteiger partial charge on any atom is -0.314 e. The molecule has 120 valence electrons. The van der Waals surface area contributed by atoms with Crippen LogP contribution in [0.3, 0.4) is 0 Å². The first-order valence-electron chi connectivity index (χ1n) is 7.73. The van der Waals surface area contributed by atoms with Gasteiger partial charge in [-0.15, -0.1) is 11.3 Å². The highest BCUT2D eigenvalue weighted by Crippen LogP contribution is 2.31. The van der Waals surface area contributed by atoms with Crippen LogP contribution in [0.4, 0.5) is 0 Å². The highest BCUT2D eigenvalue weighted by atomic mass is 32.2. The Morgan fingerprint density at radius 2 is 2.24 bits per heavy atom. The highest BCUT2D eigenvalue weighted by molar-refractivity contribution is 7.91. The van der Waals surface area contributed by atoms with Crippen molar-refractivity contribution in [1.29, 1.82) is 0 Å². The molecule has 1 fully saturated rings. The van der Waals surface area contributed by atoms with E-state index in [1.165, 1.54) is 6.26 Å². The predicted octanol–water partition coefficient (Wildman–Crippen LogP) is 2.58. The third-order valence-corrected chi connectivity index (χ3v) is 6.86. The molecule has 4 nitrogen and oxygen atoms in total. The molecule has 1 aromatic rings. The summed E-state index contributed by atoms with van der Waals surface area (Å²) >= 11 is 1.68. The van der Waals surface area contributed by atoms with Crippen LogP contribution in [0.25, 0.3) is 0 Å². The van der Waals surface area contributed by atoms with Crippen LogP contribution in [0.15, 0.2) is 5.38 Å². The van der Waals surface area contributed by atoms with Crippen LogP contribution < -0.4 is 5.32 Å². The van der Waals surface area contributed by atoms with Crippen molar-refractivity contribution < 1.29 is 8.42 Å². The summed E-state index contributed by atoms with van der Waals surface area (Å²) in [5, 5.41) is 6.61. The maximum atomic E-state index is 11.8. The normalized spacial score (nSPS) is 24.9. The molecule has 1 aromatic heterocycles. The van der Waals surface area contributed by atoms with Crippen LogP contribution in [-0.2, 0) is 16.3 Å². The van der Waals surface area contributed by atoms with E-state index in [0.29, 0.717) is 12.0 Å². The van der Waals surface area contributed by atoms with Gasteiger partial charge in [-0.2, -0.15) is 0 Å². The summed E-state index contributed by atoms with van der Waals surface area (Å²) in [4.78, 5) is 4.56. The van der Waals surface area contributed by atoms with Crippen molar-refractivity contribution in [3.8, 4) is 0 Å². The number of aromatic nitrogens is 1. The Hall–Kier alpha value is -0.460. The first kappa shape index (κ1) is 16.9. The highest BCUT2D eigenvalue weighted by Gasteiger charge is 2.33. The minimum absolute atomic E-state index is 0.158. The lowest BCUT2D eigenvalue weighted by Gasteiger charge is -2.34. The minimum atomic E-state index is -2.92. The molecule has 6 heteroatoms. The van der Waals surface area contributed by atoms with Gasteiger partial charge in [-0.1, -0.05) is 13.3 Å². The molecule has 1 aliphatic carbocycles. The van der Waals surface area contributed by atoms with Crippen LogP contribution in [0, 0.1) is 12.8 Å². The van der Waals surface area contributed by atoms with E-state index in [-0.39, 0.29) is 5.25 Å². The van der Waals surface area contributed by atoms with E-state index in [0.717, 1.165) is 49.4 Å². The Morgan fingerprint density at radius 1 is 1.48 bits per heavy atom. The second-order valence-electron chi connectivity index (χ2n) is 6.10. The zero-order chi connectivity index (χ0) is 15.5. The van der Waals surface area contributed by atoms with Crippen molar-refractivity contribution in [3.05, 3.63) is 16.1 Å². The molecule has 1 aliphatic rings. The Bertz CT molecular complexity index is 554. The van der Waals surface area contributed by atoms with Gasteiger partial charge in [0.15, 0.2) is 0 Å². The number of aryl methyl sites for hydroxylation is 1. The van der Waals surface area contributed by atoms with Gasteiger partial charge >= 0.3 is 0 Å². The number of nitrogens with one attached hydrogen (secondary N) is 1. The van der Waals surface area contributed by atoms with Crippen LogP contribution in [-0.4, -0.2) is 37.5 Å². The molecule has 3 atom stereocenters. The molecule has 0 bridgehead atoms. The zero-order valence-electron chi connectivity index (χ0n) is 13.1. The Balaban J connectivity index is 2.06. The van der Waals surface area contributed by atoms with Crippen LogP contribution in [0.5, 0.6) is 0 Å². The molecule has 2 rings (SSSR count). The summed E-state index contributed by atoms with van der Waals surface area (Å²) in [5.74, 6) is 0.431. The molecule has 3 unspecified atom stereocenters. The molecule has 1 heterocycles. The van der Waals surface area contributed by atoms with Crippen molar-refractivity contribution in [2.24, 2.45) is 5.92 Å². The molecule has 0 amide bonds. The van der Waals surface area contributed by atoms with Crippen molar-refractivity contribution in [3.63, 3.8) is 0 Å². The smallest absolute Gasteiger partial charge is 0.150 e. The van der Waals surface area contributed by atoms with Crippen molar-refractivity contribution in [1.82, 2.24) is 10.3 Å². The number of hydrogen-bond acceptors (Lipinski definition) is 5. The lowest BCUT2D eigenvalue weighted by Crippen LogP contribution is -2.42. The molecule has 1 saturated carbocycles. The first-order valence-corrected chi connectivity index (χ1v) is 10.6. The zero-order valence-corrected chi connectivity index (χ0v) is 14.8. The lowest BCUT2D eigenvalue weighted by atomic mass is 9.82. The SMILES string of the molecule is CCNC(Cc1csc(C)n1)C1CCCC(S(C)(=O)=O)C1. The van der Waals surface area contributed by atoms with Crippen LogP contribution >= 0.6 is 11.3 Å². The molecular weight excluding hydrogens is 304 g/mol. The summed E-state index contributed by atoms with van der Waals surface area (Å²) in [6.07, 6.45) is 6.03.